The van der Waals surface area contributed by atoms with Gasteiger partial charge in [-0.2, -0.15) is 0 Å². The van der Waals surface area contributed by atoms with Crippen LogP contribution in [0.25, 0.3) is 0 Å². The Morgan fingerprint density at radius 3 is 1.02 bits per heavy atom. The first-order chi connectivity index (χ1) is 27.4. The molecule has 0 heterocycles. The molecule has 0 radical (unpaired) electrons. The number of hydrogen-bond acceptors (Lipinski definition) is 6. The van der Waals surface area contributed by atoms with Crippen LogP contribution in [0.4, 0.5) is 0 Å². The van der Waals surface area contributed by atoms with Gasteiger partial charge in [-0.3, -0.25) is 9.59 Å². The Balaban J connectivity index is 4.33. The molecule has 56 heavy (non-hydrogen) atoms. The molecule has 0 spiro atoms. The summed E-state index contributed by atoms with van der Waals surface area (Å²) in [5, 5.41) is 0. The van der Waals surface area contributed by atoms with E-state index < -0.39 is 0 Å². The van der Waals surface area contributed by atoms with Gasteiger partial charge in [-0.15, -0.1) is 0 Å². The van der Waals surface area contributed by atoms with Crippen LogP contribution in [0, 0.1) is 11.8 Å². The first-order valence-electron chi connectivity index (χ1n) is 25.0. The Morgan fingerprint density at radius 1 is 0.375 bits per heavy atom. The predicted octanol–water partition coefficient (Wildman–Crippen LogP) is 14.5. The number of ether oxygens (including phenoxy) is 2. The van der Waals surface area contributed by atoms with E-state index in [1.807, 2.05) is 0 Å². The number of carbonyl (C=O) groups excluding carboxylic acids is 2. The van der Waals surface area contributed by atoms with Gasteiger partial charge in [-0.25, -0.2) is 0 Å². The van der Waals surface area contributed by atoms with Crippen LogP contribution in [-0.4, -0.2) is 75.2 Å². The van der Waals surface area contributed by atoms with Gasteiger partial charge in [0.25, 0.3) is 0 Å². The van der Waals surface area contributed by atoms with Crippen molar-refractivity contribution in [3.05, 3.63) is 0 Å². The van der Waals surface area contributed by atoms with Crippen molar-refractivity contribution in [1.29, 1.82) is 0 Å². The summed E-state index contributed by atoms with van der Waals surface area (Å²) in [7, 11) is 4.30. The van der Waals surface area contributed by atoms with Gasteiger partial charge >= 0.3 is 11.9 Å². The first kappa shape index (κ1) is 54.9. The molecule has 0 bridgehead atoms. The minimum absolute atomic E-state index is 0.00804. The summed E-state index contributed by atoms with van der Waals surface area (Å²) in [6.45, 7) is 14.8. The molecule has 0 aromatic carbocycles. The molecule has 0 aromatic heterocycles. The van der Waals surface area contributed by atoms with Crippen molar-refractivity contribution in [1.82, 2.24) is 9.80 Å². The van der Waals surface area contributed by atoms with Gasteiger partial charge in [-0.05, 0) is 116 Å². The van der Waals surface area contributed by atoms with Crippen molar-refractivity contribution in [2.75, 3.05) is 53.5 Å². The zero-order valence-electron chi connectivity index (χ0n) is 39.0. The number of hydrogen-bond donors (Lipinski definition) is 0. The van der Waals surface area contributed by atoms with Crippen molar-refractivity contribution in [3.8, 4) is 0 Å². The Hall–Kier alpha value is -1.14. The van der Waals surface area contributed by atoms with Crippen LogP contribution in [0.5, 0.6) is 0 Å². The Labute approximate surface area is 351 Å². The minimum atomic E-state index is -0.00804. The zero-order chi connectivity index (χ0) is 41.2. The third kappa shape index (κ3) is 39.7. The molecule has 0 rings (SSSR count). The number of esters is 2. The van der Waals surface area contributed by atoms with E-state index in [-0.39, 0.29) is 11.9 Å². The van der Waals surface area contributed by atoms with Crippen LogP contribution in [0.2, 0.25) is 0 Å². The molecule has 0 aliphatic rings. The van der Waals surface area contributed by atoms with E-state index in [9.17, 15) is 9.59 Å². The maximum atomic E-state index is 12.5. The Morgan fingerprint density at radius 2 is 0.679 bits per heavy atom. The highest BCUT2D eigenvalue weighted by Crippen LogP contribution is 2.24. The van der Waals surface area contributed by atoms with E-state index in [0.29, 0.717) is 26.1 Å². The molecule has 0 unspecified atom stereocenters. The van der Waals surface area contributed by atoms with Gasteiger partial charge in [0.15, 0.2) is 0 Å². The molecule has 0 saturated carbocycles. The highest BCUT2D eigenvalue weighted by molar-refractivity contribution is 5.69. The van der Waals surface area contributed by atoms with Gasteiger partial charge in [0.1, 0.15) is 0 Å². The number of unbranched alkanes of at least 4 members (excludes halogenated alkanes) is 17. The van der Waals surface area contributed by atoms with E-state index in [0.717, 1.165) is 89.4 Å². The molecule has 0 aromatic rings. The maximum Gasteiger partial charge on any atom is 0.305 e. The Bertz CT molecular complexity index is 739. The largest absolute Gasteiger partial charge is 0.466 e. The lowest BCUT2D eigenvalue weighted by atomic mass is 9.91. The van der Waals surface area contributed by atoms with Gasteiger partial charge in [-0.1, -0.05) is 169 Å². The van der Waals surface area contributed by atoms with Crippen LogP contribution in [0.3, 0.4) is 0 Å². The summed E-state index contributed by atoms with van der Waals surface area (Å²) >= 11 is 0. The Kier molecular flexibility index (Phi) is 42.6. The van der Waals surface area contributed by atoms with Crippen molar-refractivity contribution >= 4 is 11.9 Å². The van der Waals surface area contributed by atoms with Crippen molar-refractivity contribution in [2.45, 2.75) is 246 Å². The summed E-state index contributed by atoms with van der Waals surface area (Å²) in [6, 6.07) is 0. The van der Waals surface area contributed by atoms with Gasteiger partial charge in [0.05, 0.1) is 13.2 Å². The van der Waals surface area contributed by atoms with Crippen LogP contribution in [0.15, 0.2) is 0 Å². The number of nitrogens with zero attached hydrogens (tertiary/aromatic N) is 2. The SMILES string of the molecule is CCCCCCC(CCCCCC)CCCOC(=O)CCCCCN(CCCCCC(=O)OCCCC(CCCCCC)CCCCCC)CCCCN(C)C. The second kappa shape index (κ2) is 43.4. The maximum absolute atomic E-state index is 12.5. The number of carbonyl (C=O) groups is 2. The van der Waals surface area contributed by atoms with Crippen LogP contribution < -0.4 is 0 Å². The second-order valence-corrected chi connectivity index (χ2v) is 17.8. The second-order valence-electron chi connectivity index (χ2n) is 17.8. The van der Waals surface area contributed by atoms with E-state index >= 15 is 0 Å². The lowest BCUT2D eigenvalue weighted by Crippen LogP contribution is -2.28. The van der Waals surface area contributed by atoms with E-state index in [1.165, 1.54) is 154 Å². The molecule has 0 atom stereocenters. The fraction of sp³-hybridized carbons (Fsp3) is 0.960. The lowest BCUT2D eigenvalue weighted by Gasteiger charge is -2.23. The van der Waals surface area contributed by atoms with Crippen LogP contribution in [-0.2, 0) is 19.1 Å². The molecule has 0 fully saturated rings. The van der Waals surface area contributed by atoms with Crippen molar-refractivity contribution in [3.63, 3.8) is 0 Å². The van der Waals surface area contributed by atoms with Crippen LogP contribution in [0.1, 0.15) is 246 Å². The third-order valence-corrected chi connectivity index (χ3v) is 11.9. The molecule has 0 amide bonds. The van der Waals surface area contributed by atoms with Gasteiger partial charge in [0, 0.05) is 12.8 Å². The van der Waals surface area contributed by atoms with Crippen LogP contribution >= 0.6 is 0 Å². The highest BCUT2D eigenvalue weighted by atomic mass is 16.5. The average Bonchev–Trinajstić information content (AvgIpc) is 3.18. The molecule has 6 nitrogen and oxygen atoms in total. The first-order valence-corrected chi connectivity index (χ1v) is 25.0. The predicted molar refractivity (Wildman–Crippen MR) is 244 cm³/mol. The van der Waals surface area contributed by atoms with E-state index in [2.05, 4.69) is 51.6 Å². The molecule has 0 saturated heterocycles. The fourth-order valence-corrected chi connectivity index (χ4v) is 8.23. The monoisotopic (exact) mass is 793 g/mol. The topological polar surface area (TPSA) is 59.1 Å². The van der Waals surface area contributed by atoms with Gasteiger partial charge < -0.3 is 19.3 Å². The standard InChI is InChI=1S/C50H100N2O4/c1-7-11-15-21-33-47(34-22-16-12-8-2)37-31-45-55-49(53)39-25-19-27-42-52(44-30-29-41-51(5)6)43-28-20-26-40-50(54)56-46-32-38-48(35-23-17-13-9-3)36-24-18-14-10-4/h47-48H,7-46H2,1-6H3. The van der Waals surface area contributed by atoms with E-state index in [4.69, 9.17) is 9.47 Å². The minimum Gasteiger partial charge on any atom is -0.466 e. The highest BCUT2D eigenvalue weighted by Gasteiger charge is 2.12. The molecule has 0 N–H and O–H groups in total. The quantitative estimate of drug-likeness (QED) is 0.0452. The summed E-state index contributed by atoms with van der Waals surface area (Å²) < 4.78 is 11.3. The molecule has 0 aliphatic carbocycles. The zero-order valence-corrected chi connectivity index (χ0v) is 39.0. The van der Waals surface area contributed by atoms with E-state index in [1.54, 1.807) is 0 Å². The number of rotatable bonds is 45. The molecule has 0 aliphatic heterocycles. The summed E-state index contributed by atoms with van der Waals surface area (Å²) in [5.74, 6) is 1.59. The summed E-state index contributed by atoms with van der Waals surface area (Å²) in [6.07, 6.45) is 41.1. The third-order valence-electron chi connectivity index (χ3n) is 11.9. The summed E-state index contributed by atoms with van der Waals surface area (Å²) in [4.78, 5) is 29.9. The fourth-order valence-electron chi connectivity index (χ4n) is 8.23. The molecule has 6 heteroatoms. The van der Waals surface area contributed by atoms with Crippen molar-refractivity contribution < 1.29 is 19.1 Å². The molecule has 334 valence electrons. The van der Waals surface area contributed by atoms with Crippen molar-refractivity contribution in [2.24, 2.45) is 11.8 Å². The lowest BCUT2D eigenvalue weighted by molar-refractivity contribution is -0.144. The smallest absolute Gasteiger partial charge is 0.305 e. The summed E-state index contributed by atoms with van der Waals surface area (Å²) in [5.41, 5.74) is 0. The average molecular weight is 793 g/mol. The molecular weight excluding hydrogens is 693 g/mol. The van der Waals surface area contributed by atoms with Gasteiger partial charge in [0.2, 0.25) is 0 Å². The normalized spacial score (nSPS) is 11.8. The molecular formula is C50H100N2O4.